The molecule has 15 heteroatoms. The molecule has 0 aliphatic carbocycles. The van der Waals surface area contributed by atoms with Crippen LogP contribution < -0.4 is 27.6 Å². The van der Waals surface area contributed by atoms with E-state index in [2.05, 4.69) is 19.9 Å². The van der Waals surface area contributed by atoms with Gasteiger partial charge in [0.05, 0.1) is 17.8 Å². The zero-order chi connectivity index (χ0) is 26.9. The van der Waals surface area contributed by atoms with E-state index in [1.165, 1.54) is 41.4 Å². The van der Waals surface area contributed by atoms with Crippen molar-refractivity contribution in [1.29, 1.82) is 0 Å². The summed E-state index contributed by atoms with van der Waals surface area (Å²) in [4.78, 5) is 42.7. The molecule has 2 atom stereocenters. The zero-order valence-electron chi connectivity index (χ0n) is 20.3. The molecule has 1 saturated heterocycles. The summed E-state index contributed by atoms with van der Waals surface area (Å²) in [5, 5.41) is 0. The Kier molecular flexibility index (Phi) is 7.16. The monoisotopic (exact) mass is 520 g/mol. The van der Waals surface area contributed by atoms with Gasteiger partial charge in [0.1, 0.15) is 5.84 Å². The summed E-state index contributed by atoms with van der Waals surface area (Å²) in [7, 11) is 2.95. The number of alkyl halides is 3. The van der Waals surface area contributed by atoms with Crippen molar-refractivity contribution in [3.05, 3.63) is 57.4 Å². The van der Waals surface area contributed by atoms with E-state index in [0.29, 0.717) is 12.0 Å². The second-order valence-electron chi connectivity index (χ2n) is 8.91. The van der Waals surface area contributed by atoms with Gasteiger partial charge in [-0.3, -0.25) is 13.9 Å². The van der Waals surface area contributed by atoms with Crippen LogP contribution in [0.5, 0.6) is 0 Å². The van der Waals surface area contributed by atoms with Gasteiger partial charge < -0.3 is 20.9 Å². The predicted molar refractivity (Wildman–Crippen MR) is 131 cm³/mol. The average Bonchev–Trinajstić information content (AvgIpc) is 3.52. The fraction of sp³-hybridized carbons (Fsp3) is 0.455. The Labute approximate surface area is 208 Å². The van der Waals surface area contributed by atoms with E-state index in [-0.39, 0.29) is 55.0 Å². The summed E-state index contributed by atoms with van der Waals surface area (Å²) in [6.45, 7) is 0.350. The minimum Gasteiger partial charge on any atom is -0.383 e. The second-order valence-corrected chi connectivity index (χ2v) is 8.91. The number of rotatable bonds is 7. The van der Waals surface area contributed by atoms with Crippen molar-refractivity contribution in [2.45, 2.75) is 31.6 Å². The van der Waals surface area contributed by atoms with Crippen LogP contribution in [0.4, 0.5) is 19.1 Å². The van der Waals surface area contributed by atoms with Gasteiger partial charge in [0.25, 0.3) is 5.56 Å². The standard InChI is InChI=1S/C22H27F3N10O2/c1-32-18-16(19(36)33(2)21(32)37)35(12-31-18)11-15(26)4-3-6-28-17(27)13-8-29-20(30-9-13)34-7-5-14(10-34)22(23,24)25/h3,6,8-9,12,14-15H,4-5,7,10-11,26H2,1-2H3,(H2,27,28)/b6-3-. The summed E-state index contributed by atoms with van der Waals surface area (Å²) in [5.74, 6) is -1.03. The molecule has 1 aliphatic heterocycles. The van der Waals surface area contributed by atoms with Crippen molar-refractivity contribution in [3.63, 3.8) is 0 Å². The van der Waals surface area contributed by atoms with Gasteiger partial charge in [-0.15, -0.1) is 0 Å². The van der Waals surface area contributed by atoms with Crippen LogP contribution >= 0.6 is 0 Å². The number of nitrogens with two attached hydrogens (primary N) is 2. The highest BCUT2D eigenvalue weighted by Gasteiger charge is 2.44. The molecule has 12 nitrogen and oxygen atoms in total. The summed E-state index contributed by atoms with van der Waals surface area (Å²) in [5.41, 5.74) is 12.3. The van der Waals surface area contributed by atoms with E-state index < -0.39 is 23.3 Å². The van der Waals surface area contributed by atoms with Crippen molar-refractivity contribution in [3.8, 4) is 0 Å². The van der Waals surface area contributed by atoms with Crippen LogP contribution in [-0.2, 0) is 20.6 Å². The van der Waals surface area contributed by atoms with Crippen molar-refractivity contribution < 1.29 is 13.2 Å². The normalized spacial score (nSPS) is 17.8. The van der Waals surface area contributed by atoms with E-state index in [4.69, 9.17) is 11.5 Å². The smallest absolute Gasteiger partial charge is 0.383 e. The molecule has 1 aliphatic rings. The number of fused-ring (bicyclic) bond motifs is 1. The molecule has 4 rings (SSSR count). The van der Waals surface area contributed by atoms with E-state index in [9.17, 15) is 22.8 Å². The highest BCUT2D eigenvalue weighted by molar-refractivity contribution is 5.97. The number of amidine groups is 1. The summed E-state index contributed by atoms with van der Waals surface area (Å²) >= 11 is 0. The highest BCUT2D eigenvalue weighted by atomic mass is 19.4. The molecule has 37 heavy (non-hydrogen) atoms. The van der Waals surface area contributed by atoms with Crippen molar-refractivity contribution in [1.82, 2.24) is 28.7 Å². The van der Waals surface area contributed by atoms with Crippen LogP contribution in [0.15, 0.2) is 45.6 Å². The van der Waals surface area contributed by atoms with E-state index in [0.717, 1.165) is 4.57 Å². The lowest BCUT2D eigenvalue weighted by molar-refractivity contribution is -0.168. The van der Waals surface area contributed by atoms with Gasteiger partial charge >= 0.3 is 11.9 Å². The first-order chi connectivity index (χ1) is 17.5. The molecule has 2 unspecified atom stereocenters. The SMILES string of the molecule is Cn1c(=O)c2c(ncn2CC(N)C/C=C\N=C(/N)c2cnc(N3CCC(C(F)(F)F)C3)nc2)n(C)c1=O. The number of aromatic nitrogens is 6. The summed E-state index contributed by atoms with van der Waals surface area (Å²) in [6, 6.07) is -0.379. The maximum absolute atomic E-state index is 12.9. The third kappa shape index (κ3) is 5.40. The van der Waals surface area contributed by atoms with Gasteiger partial charge in [0.15, 0.2) is 11.2 Å². The molecule has 0 aromatic carbocycles. The Morgan fingerprint density at radius 2 is 1.92 bits per heavy atom. The first-order valence-corrected chi connectivity index (χ1v) is 11.5. The lowest BCUT2D eigenvalue weighted by atomic mass is 10.1. The molecule has 0 bridgehead atoms. The van der Waals surface area contributed by atoms with Gasteiger partial charge in [-0.2, -0.15) is 13.2 Å². The number of nitrogens with zero attached hydrogens (tertiary/aromatic N) is 8. The Hall–Kier alpha value is -4.01. The summed E-state index contributed by atoms with van der Waals surface area (Å²) in [6.07, 6.45) is 3.68. The lowest BCUT2D eigenvalue weighted by Crippen LogP contribution is -2.38. The zero-order valence-corrected chi connectivity index (χ0v) is 20.3. The Balaban J connectivity index is 1.35. The molecule has 0 amide bonds. The van der Waals surface area contributed by atoms with E-state index >= 15 is 0 Å². The maximum Gasteiger partial charge on any atom is 0.393 e. The number of hydrogen-bond donors (Lipinski definition) is 2. The third-order valence-electron chi connectivity index (χ3n) is 6.27. The van der Waals surface area contributed by atoms with Gasteiger partial charge in [-0.1, -0.05) is 6.08 Å². The third-order valence-corrected chi connectivity index (χ3v) is 6.27. The topological polar surface area (TPSA) is 155 Å². The Morgan fingerprint density at radius 1 is 1.22 bits per heavy atom. The molecule has 198 valence electrons. The number of aryl methyl sites for hydroxylation is 1. The molecule has 4 heterocycles. The minimum absolute atomic E-state index is 0.0124. The van der Waals surface area contributed by atoms with Crippen LogP contribution in [-0.4, -0.2) is 59.8 Å². The van der Waals surface area contributed by atoms with Gasteiger partial charge in [0, 0.05) is 58.4 Å². The Bertz CT molecular complexity index is 1450. The van der Waals surface area contributed by atoms with Crippen molar-refractivity contribution in [2.75, 3.05) is 18.0 Å². The number of imidazole rings is 1. The molecule has 1 fully saturated rings. The number of hydrogen-bond acceptors (Lipinski definition) is 8. The van der Waals surface area contributed by atoms with Crippen molar-refractivity contribution >= 4 is 22.9 Å². The van der Waals surface area contributed by atoms with Gasteiger partial charge in [-0.05, 0) is 12.8 Å². The average molecular weight is 521 g/mol. The van der Waals surface area contributed by atoms with Gasteiger partial charge in [-0.25, -0.2) is 24.7 Å². The highest BCUT2D eigenvalue weighted by Crippen LogP contribution is 2.34. The molecule has 0 saturated carbocycles. The number of halogens is 3. The maximum atomic E-state index is 12.9. The first kappa shape index (κ1) is 26.1. The van der Waals surface area contributed by atoms with E-state index in [1.807, 2.05) is 0 Å². The second kappa shape index (κ2) is 10.2. The van der Waals surface area contributed by atoms with Crippen LogP contribution in [0.3, 0.4) is 0 Å². The fourth-order valence-corrected chi connectivity index (χ4v) is 4.13. The molecule has 4 N–H and O–H groups in total. The molecular formula is C22H27F3N10O2. The quantitative estimate of drug-likeness (QED) is 0.332. The summed E-state index contributed by atoms with van der Waals surface area (Å²) < 4.78 is 42.6. The van der Waals surface area contributed by atoms with E-state index in [1.54, 1.807) is 17.7 Å². The number of anilines is 1. The lowest BCUT2D eigenvalue weighted by Gasteiger charge is -2.17. The molecule has 0 spiro atoms. The number of aliphatic imine (C=N–C) groups is 1. The Morgan fingerprint density at radius 3 is 2.57 bits per heavy atom. The van der Waals surface area contributed by atoms with Crippen molar-refractivity contribution in [2.24, 2.45) is 36.5 Å². The molecule has 0 radical (unpaired) electrons. The largest absolute Gasteiger partial charge is 0.393 e. The fourth-order valence-electron chi connectivity index (χ4n) is 4.13. The molecular weight excluding hydrogens is 493 g/mol. The van der Waals surface area contributed by atoms with Gasteiger partial charge in [0.2, 0.25) is 5.95 Å². The van der Waals surface area contributed by atoms with Crippen LogP contribution in [0.2, 0.25) is 0 Å². The van der Waals surface area contributed by atoms with Crippen LogP contribution in [0, 0.1) is 5.92 Å². The minimum atomic E-state index is -4.23. The van der Waals surface area contributed by atoms with Crippen LogP contribution in [0.25, 0.3) is 11.2 Å². The first-order valence-electron chi connectivity index (χ1n) is 11.5. The van der Waals surface area contributed by atoms with Crippen LogP contribution in [0.1, 0.15) is 18.4 Å². The molecule has 3 aromatic heterocycles. The molecule has 3 aromatic rings. The predicted octanol–water partition coefficient (Wildman–Crippen LogP) is 0.249.